The summed E-state index contributed by atoms with van der Waals surface area (Å²) in [5, 5.41) is 15.3. The van der Waals surface area contributed by atoms with Crippen molar-refractivity contribution in [3.63, 3.8) is 0 Å². The Kier molecular flexibility index (Phi) is 3.17. The molecule has 0 spiro atoms. The third kappa shape index (κ3) is 2.26. The molecule has 1 aliphatic rings. The Balaban J connectivity index is 1.74. The number of rotatable bonds is 4. The van der Waals surface area contributed by atoms with Crippen LogP contribution in [0, 0.1) is 10.1 Å². The van der Waals surface area contributed by atoms with Crippen molar-refractivity contribution in [2.45, 2.75) is 24.8 Å². The van der Waals surface area contributed by atoms with E-state index >= 15 is 0 Å². The molecule has 0 amide bonds. The Morgan fingerprint density at radius 2 is 2.21 bits per heavy atom. The summed E-state index contributed by atoms with van der Waals surface area (Å²) in [6.07, 6.45) is 7.35. The number of hydrogen-bond donors (Lipinski definition) is 1. The zero-order chi connectivity index (χ0) is 16.7. The Bertz CT molecular complexity index is 898. The molecule has 1 saturated carbocycles. The average molecular weight is 326 g/mol. The van der Waals surface area contributed by atoms with Gasteiger partial charge in [0.15, 0.2) is 5.82 Å². The first-order valence-electron chi connectivity index (χ1n) is 7.47. The standard InChI is InChI=1S/C15H14N6O3/c16-15(4-1-5-15)14-18-13(24-19-14)10-2-3-11(12(8-10)21(22)23)20-7-6-17-9-20/h2-3,6-9H,1,4-5,16H2. The zero-order valence-electron chi connectivity index (χ0n) is 12.6. The second kappa shape index (κ2) is 5.24. The van der Waals surface area contributed by atoms with Crippen molar-refractivity contribution < 1.29 is 9.45 Å². The van der Waals surface area contributed by atoms with Crippen molar-refractivity contribution >= 4 is 5.69 Å². The maximum Gasteiger partial charge on any atom is 0.294 e. The van der Waals surface area contributed by atoms with Gasteiger partial charge in [-0.1, -0.05) is 5.16 Å². The molecule has 0 bridgehead atoms. The van der Waals surface area contributed by atoms with E-state index in [0.29, 0.717) is 17.1 Å². The minimum atomic E-state index is -0.537. The van der Waals surface area contributed by atoms with Gasteiger partial charge in [-0.3, -0.25) is 10.1 Å². The molecule has 9 heteroatoms. The predicted octanol–water partition coefficient (Wildman–Crippen LogP) is 2.17. The third-order valence-electron chi connectivity index (χ3n) is 4.32. The smallest absolute Gasteiger partial charge is 0.294 e. The van der Waals surface area contributed by atoms with Crippen LogP contribution in [0.3, 0.4) is 0 Å². The largest absolute Gasteiger partial charge is 0.334 e. The normalized spacial score (nSPS) is 15.9. The molecule has 24 heavy (non-hydrogen) atoms. The van der Waals surface area contributed by atoms with E-state index in [4.69, 9.17) is 10.3 Å². The highest BCUT2D eigenvalue weighted by Crippen LogP contribution is 2.38. The maximum atomic E-state index is 11.4. The van der Waals surface area contributed by atoms with Gasteiger partial charge in [-0.25, -0.2) is 4.98 Å². The van der Waals surface area contributed by atoms with Crippen LogP contribution in [0.1, 0.15) is 25.1 Å². The molecule has 0 saturated heterocycles. The van der Waals surface area contributed by atoms with Gasteiger partial charge in [0.2, 0.25) is 0 Å². The van der Waals surface area contributed by atoms with Crippen LogP contribution in [0.15, 0.2) is 41.4 Å². The minimum absolute atomic E-state index is 0.0728. The maximum absolute atomic E-state index is 11.4. The van der Waals surface area contributed by atoms with E-state index in [0.717, 1.165) is 19.3 Å². The van der Waals surface area contributed by atoms with Gasteiger partial charge in [0, 0.05) is 24.0 Å². The number of nitro benzene ring substituents is 1. The number of aromatic nitrogens is 4. The van der Waals surface area contributed by atoms with Crippen molar-refractivity contribution in [2.24, 2.45) is 5.73 Å². The number of benzene rings is 1. The quantitative estimate of drug-likeness (QED) is 0.575. The van der Waals surface area contributed by atoms with Gasteiger partial charge >= 0.3 is 0 Å². The van der Waals surface area contributed by atoms with Crippen LogP contribution >= 0.6 is 0 Å². The highest BCUT2D eigenvalue weighted by molar-refractivity contribution is 5.65. The molecule has 1 aromatic carbocycles. The van der Waals surface area contributed by atoms with E-state index in [2.05, 4.69) is 15.1 Å². The van der Waals surface area contributed by atoms with Gasteiger partial charge in [-0.05, 0) is 31.4 Å². The molecule has 122 valence electrons. The predicted molar refractivity (Wildman–Crippen MR) is 83.2 cm³/mol. The van der Waals surface area contributed by atoms with Crippen LogP contribution < -0.4 is 5.73 Å². The van der Waals surface area contributed by atoms with Crippen molar-refractivity contribution in [2.75, 3.05) is 0 Å². The molecular formula is C15H14N6O3. The lowest BCUT2D eigenvalue weighted by Gasteiger charge is -2.34. The topological polar surface area (TPSA) is 126 Å². The van der Waals surface area contributed by atoms with Crippen molar-refractivity contribution in [1.82, 2.24) is 19.7 Å². The molecule has 2 N–H and O–H groups in total. The minimum Gasteiger partial charge on any atom is -0.334 e. The molecule has 0 unspecified atom stereocenters. The molecule has 3 aromatic rings. The number of nitrogens with zero attached hydrogens (tertiary/aromatic N) is 5. The first-order valence-corrected chi connectivity index (χ1v) is 7.47. The first kappa shape index (κ1) is 14.5. The number of hydrogen-bond acceptors (Lipinski definition) is 7. The lowest BCUT2D eigenvalue weighted by molar-refractivity contribution is -0.384. The third-order valence-corrected chi connectivity index (χ3v) is 4.32. The molecule has 1 aliphatic carbocycles. The summed E-state index contributed by atoms with van der Waals surface area (Å²) in [5.41, 5.74) is 6.46. The Labute approximate surface area is 136 Å². The fraction of sp³-hybridized carbons (Fsp3) is 0.267. The highest BCUT2D eigenvalue weighted by Gasteiger charge is 2.39. The van der Waals surface area contributed by atoms with E-state index in [-0.39, 0.29) is 11.6 Å². The molecule has 2 aromatic heterocycles. The van der Waals surface area contributed by atoms with E-state index < -0.39 is 10.5 Å². The highest BCUT2D eigenvalue weighted by atomic mass is 16.6. The van der Waals surface area contributed by atoms with Gasteiger partial charge in [0.1, 0.15) is 5.69 Å². The molecule has 2 heterocycles. The van der Waals surface area contributed by atoms with E-state index in [9.17, 15) is 10.1 Å². The summed E-state index contributed by atoms with van der Waals surface area (Å²) in [6, 6.07) is 4.74. The first-order chi connectivity index (χ1) is 11.6. The van der Waals surface area contributed by atoms with Crippen LogP contribution in [0.4, 0.5) is 5.69 Å². The monoisotopic (exact) mass is 326 g/mol. The number of imidazole rings is 1. The molecule has 0 atom stereocenters. The van der Waals surface area contributed by atoms with Gasteiger partial charge in [-0.2, -0.15) is 4.98 Å². The fourth-order valence-electron chi connectivity index (χ4n) is 2.75. The molecular weight excluding hydrogens is 312 g/mol. The summed E-state index contributed by atoms with van der Waals surface area (Å²) >= 11 is 0. The molecule has 0 radical (unpaired) electrons. The lowest BCUT2D eigenvalue weighted by atomic mass is 9.77. The SMILES string of the molecule is NC1(c2noc(-c3ccc(-n4ccnc4)c([N+](=O)[O-])c3)n2)CCC1. The van der Waals surface area contributed by atoms with E-state index in [1.165, 1.54) is 12.4 Å². The van der Waals surface area contributed by atoms with Crippen molar-refractivity contribution in [1.29, 1.82) is 0 Å². The zero-order valence-corrected chi connectivity index (χ0v) is 12.6. The van der Waals surface area contributed by atoms with E-state index in [1.807, 2.05) is 0 Å². The van der Waals surface area contributed by atoms with Gasteiger partial charge in [0.25, 0.3) is 11.6 Å². The van der Waals surface area contributed by atoms with Gasteiger partial charge < -0.3 is 14.8 Å². The fourth-order valence-corrected chi connectivity index (χ4v) is 2.75. The van der Waals surface area contributed by atoms with Crippen molar-refractivity contribution in [3.05, 3.63) is 52.9 Å². The van der Waals surface area contributed by atoms with Crippen LogP contribution in [0.2, 0.25) is 0 Å². The van der Waals surface area contributed by atoms with E-state index in [1.54, 1.807) is 29.1 Å². The van der Waals surface area contributed by atoms with Crippen LogP contribution in [0.25, 0.3) is 17.1 Å². The Morgan fingerprint density at radius 3 is 2.83 bits per heavy atom. The van der Waals surface area contributed by atoms with Crippen LogP contribution in [-0.4, -0.2) is 24.6 Å². The Morgan fingerprint density at radius 1 is 1.38 bits per heavy atom. The van der Waals surface area contributed by atoms with Crippen LogP contribution in [0.5, 0.6) is 0 Å². The van der Waals surface area contributed by atoms with Gasteiger partial charge in [0.05, 0.1) is 16.8 Å². The molecule has 4 rings (SSSR count). The molecule has 0 aliphatic heterocycles. The second-order valence-corrected chi connectivity index (χ2v) is 5.86. The van der Waals surface area contributed by atoms with Crippen LogP contribution in [-0.2, 0) is 5.54 Å². The average Bonchev–Trinajstić information content (AvgIpc) is 3.23. The lowest BCUT2D eigenvalue weighted by Crippen LogP contribution is -2.44. The Hall–Kier alpha value is -3.07. The summed E-state index contributed by atoms with van der Waals surface area (Å²) in [5.74, 6) is 0.673. The second-order valence-electron chi connectivity index (χ2n) is 5.86. The summed E-state index contributed by atoms with van der Waals surface area (Å²) in [7, 11) is 0. The summed E-state index contributed by atoms with van der Waals surface area (Å²) < 4.78 is 6.83. The molecule has 9 nitrogen and oxygen atoms in total. The summed E-state index contributed by atoms with van der Waals surface area (Å²) in [4.78, 5) is 19.2. The summed E-state index contributed by atoms with van der Waals surface area (Å²) in [6.45, 7) is 0. The number of nitro groups is 1. The van der Waals surface area contributed by atoms with Gasteiger partial charge in [-0.15, -0.1) is 0 Å². The van der Waals surface area contributed by atoms with Crippen molar-refractivity contribution in [3.8, 4) is 17.1 Å². The molecule has 1 fully saturated rings. The number of nitrogens with two attached hydrogens (primary N) is 1.